The number of rotatable bonds is 9. The van der Waals surface area contributed by atoms with Gasteiger partial charge < -0.3 is 30.0 Å². The molecule has 1 aromatic carbocycles. The van der Waals surface area contributed by atoms with Gasteiger partial charge in [-0.15, -0.1) is 0 Å². The number of carbonyl (C=O) groups is 2. The lowest BCUT2D eigenvalue weighted by Crippen LogP contribution is -2.25. The summed E-state index contributed by atoms with van der Waals surface area (Å²) in [6.45, 7) is 2.21. The summed E-state index contributed by atoms with van der Waals surface area (Å²) < 4.78 is 18.6. The molecule has 0 saturated heterocycles. The van der Waals surface area contributed by atoms with Crippen LogP contribution in [-0.2, 0) is 11.3 Å². The number of pyridine rings is 1. The SMILES string of the molecule is COc1c(OCCOCCNC(=O)O)ccc2c3n(c(=NC(=O)c4cccnc4)nc12)CCN3. The Labute approximate surface area is 194 Å². The van der Waals surface area contributed by atoms with E-state index in [0.717, 1.165) is 11.2 Å². The zero-order valence-electron chi connectivity index (χ0n) is 18.5. The van der Waals surface area contributed by atoms with Gasteiger partial charge in [0, 0.05) is 37.4 Å². The zero-order valence-corrected chi connectivity index (χ0v) is 18.5. The lowest BCUT2D eigenvalue weighted by molar-refractivity contribution is 0.0996. The second-order valence-electron chi connectivity index (χ2n) is 7.18. The van der Waals surface area contributed by atoms with E-state index in [1.54, 1.807) is 24.4 Å². The second-order valence-corrected chi connectivity index (χ2v) is 7.18. The van der Waals surface area contributed by atoms with E-state index >= 15 is 0 Å². The number of methoxy groups -OCH3 is 1. The molecule has 3 N–H and O–H groups in total. The Bertz CT molecular complexity index is 1260. The van der Waals surface area contributed by atoms with Gasteiger partial charge in [-0.2, -0.15) is 4.99 Å². The fraction of sp³-hybridized carbons (Fsp3) is 0.318. The van der Waals surface area contributed by atoms with E-state index in [2.05, 4.69) is 25.6 Å². The van der Waals surface area contributed by atoms with Gasteiger partial charge in [0.25, 0.3) is 5.91 Å². The van der Waals surface area contributed by atoms with E-state index in [-0.39, 0.29) is 32.0 Å². The summed E-state index contributed by atoms with van der Waals surface area (Å²) in [6, 6.07) is 6.98. The highest BCUT2D eigenvalue weighted by atomic mass is 16.5. The number of nitrogens with zero attached hydrogens (tertiary/aromatic N) is 4. The molecule has 0 atom stereocenters. The number of benzene rings is 1. The lowest BCUT2D eigenvalue weighted by atomic mass is 10.2. The van der Waals surface area contributed by atoms with Crippen LogP contribution in [0.2, 0.25) is 0 Å². The van der Waals surface area contributed by atoms with Gasteiger partial charge in [0.2, 0.25) is 5.62 Å². The average molecular weight is 468 g/mol. The van der Waals surface area contributed by atoms with Crippen molar-refractivity contribution in [3.63, 3.8) is 0 Å². The molecule has 2 amide bonds. The van der Waals surface area contributed by atoms with Crippen LogP contribution in [0.1, 0.15) is 10.4 Å². The quantitative estimate of drug-likeness (QED) is 0.395. The molecule has 178 valence electrons. The van der Waals surface area contributed by atoms with Gasteiger partial charge in [-0.25, -0.2) is 9.78 Å². The minimum absolute atomic E-state index is 0.193. The maximum atomic E-state index is 12.7. The molecule has 2 aromatic heterocycles. The minimum atomic E-state index is -1.10. The summed E-state index contributed by atoms with van der Waals surface area (Å²) in [5.41, 5.74) is 1.13. The highest BCUT2D eigenvalue weighted by Crippen LogP contribution is 2.37. The number of hydrogen-bond donors (Lipinski definition) is 3. The monoisotopic (exact) mass is 468 g/mol. The van der Waals surface area contributed by atoms with Gasteiger partial charge in [-0.05, 0) is 24.3 Å². The summed E-state index contributed by atoms with van der Waals surface area (Å²) in [7, 11) is 1.52. The van der Waals surface area contributed by atoms with Crippen LogP contribution in [-0.4, -0.2) is 71.7 Å². The standard InChI is InChI=1S/C22H24N6O6/c1-32-18-16(34-12-11-33-10-8-25-22(30)31)5-4-15-17(18)26-21(28-9-7-24-19(15)28)27-20(29)14-3-2-6-23-13-14/h2-6,13,24-25H,7-12H2,1H3,(H,30,31). The van der Waals surface area contributed by atoms with Crippen molar-refractivity contribution in [2.24, 2.45) is 4.99 Å². The fourth-order valence-electron chi connectivity index (χ4n) is 3.53. The molecule has 0 saturated carbocycles. The number of carbonyl (C=O) groups excluding carboxylic acids is 1. The number of anilines is 1. The number of nitrogens with one attached hydrogen (secondary N) is 2. The number of aromatic nitrogens is 3. The number of fused-ring (bicyclic) bond motifs is 3. The van der Waals surface area contributed by atoms with Crippen LogP contribution >= 0.6 is 0 Å². The van der Waals surface area contributed by atoms with E-state index in [4.69, 9.17) is 19.3 Å². The van der Waals surface area contributed by atoms with Crippen molar-refractivity contribution in [2.45, 2.75) is 6.54 Å². The van der Waals surface area contributed by atoms with Crippen LogP contribution in [0.25, 0.3) is 10.9 Å². The highest BCUT2D eigenvalue weighted by molar-refractivity contribution is 5.96. The summed E-state index contributed by atoms with van der Waals surface area (Å²) >= 11 is 0. The Kier molecular flexibility index (Phi) is 7.18. The van der Waals surface area contributed by atoms with Crippen LogP contribution in [0.4, 0.5) is 10.6 Å². The number of carboxylic acid groups (broad SMARTS) is 1. The molecule has 1 aliphatic heterocycles. The summed E-state index contributed by atoms with van der Waals surface area (Å²) in [5.74, 6) is 1.22. The third-order valence-electron chi connectivity index (χ3n) is 5.02. The summed E-state index contributed by atoms with van der Waals surface area (Å²) in [6.07, 6.45) is 1.95. The van der Waals surface area contributed by atoms with E-state index < -0.39 is 12.0 Å². The van der Waals surface area contributed by atoms with Crippen LogP contribution in [0.5, 0.6) is 11.5 Å². The fourth-order valence-corrected chi connectivity index (χ4v) is 3.53. The zero-order chi connectivity index (χ0) is 23.9. The molecule has 0 radical (unpaired) electrons. The average Bonchev–Trinajstić information content (AvgIpc) is 3.34. The largest absolute Gasteiger partial charge is 0.491 e. The topological polar surface area (TPSA) is 149 Å². The van der Waals surface area contributed by atoms with Crippen molar-refractivity contribution in [3.8, 4) is 11.5 Å². The first-order chi connectivity index (χ1) is 16.6. The van der Waals surface area contributed by atoms with E-state index in [0.29, 0.717) is 35.7 Å². The summed E-state index contributed by atoms with van der Waals surface area (Å²) in [4.78, 5) is 36.0. The van der Waals surface area contributed by atoms with Crippen LogP contribution in [0.15, 0.2) is 41.7 Å². The number of hydrogen-bond acceptors (Lipinski definition) is 8. The number of amides is 2. The third-order valence-corrected chi connectivity index (χ3v) is 5.02. The molecule has 0 aliphatic carbocycles. The molecule has 0 unspecified atom stereocenters. The molecule has 0 fully saturated rings. The van der Waals surface area contributed by atoms with Crippen molar-refractivity contribution in [1.82, 2.24) is 19.9 Å². The smallest absolute Gasteiger partial charge is 0.404 e. The van der Waals surface area contributed by atoms with Crippen LogP contribution in [0.3, 0.4) is 0 Å². The molecule has 1 aliphatic rings. The van der Waals surface area contributed by atoms with Crippen LogP contribution < -0.4 is 25.7 Å². The Hall–Kier alpha value is -4.19. The van der Waals surface area contributed by atoms with Crippen LogP contribution in [0, 0.1) is 0 Å². The predicted octanol–water partition coefficient (Wildman–Crippen LogP) is 1.27. The maximum absolute atomic E-state index is 12.7. The molecule has 0 bridgehead atoms. The van der Waals surface area contributed by atoms with Crippen molar-refractivity contribution >= 4 is 28.7 Å². The Morgan fingerprint density at radius 2 is 2.15 bits per heavy atom. The van der Waals surface area contributed by atoms with Crippen molar-refractivity contribution in [3.05, 3.63) is 47.8 Å². The summed E-state index contributed by atoms with van der Waals surface area (Å²) in [5, 5.41) is 14.9. The van der Waals surface area contributed by atoms with Crippen molar-refractivity contribution in [1.29, 1.82) is 0 Å². The first-order valence-electron chi connectivity index (χ1n) is 10.6. The molecule has 12 heteroatoms. The van der Waals surface area contributed by atoms with Gasteiger partial charge >= 0.3 is 6.09 Å². The molecule has 3 aromatic rings. The Morgan fingerprint density at radius 3 is 2.91 bits per heavy atom. The first kappa shape index (κ1) is 23.0. The van der Waals surface area contributed by atoms with Crippen molar-refractivity contribution in [2.75, 3.05) is 45.3 Å². The Morgan fingerprint density at radius 1 is 1.26 bits per heavy atom. The molecule has 0 spiro atoms. The second kappa shape index (κ2) is 10.6. The third kappa shape index (κ3) is 5.07. The van der Waals surface area contributed by atoms with Crippen molar-refractivity contribution < 1.29 is 28.9 Å². The van der Waals surface area contributed by atoms with Gasteiger partial charge in [0.05, 0.1) is 25.9 Å². The molecule has 12 nitrogen and oxygen atoms in total. The van der Waals surface area contributed by atoms with E-state index in [1.807, 2.05) is 10.6 Å². The minimum Gasteiger partial charge on any atom is -0.491 e. The van der Waals surface area contributed by atoms with Gasteiger partial charge in [0.1, 0.15) is 17.9 Å². The molecular weight excluding hydrogens is 444 g/mol. The van der Waals surface area contributed by atoms with Gasteiger partial charge in [-0.1, -0.05) is 0 Å². The maximum Gasteiger partial charge on any atom is 0.404 e. The molecular formula is C22H24N6O6. The predicted molar refractivity (Wildman–Crippen MR) is 121 cm³/mol. The first-order valence-corrected chi connectivity index (χ1v) is 10.6. The normalized spacial score (nSPS) is 12.8. The Balaban J connectivity index is 1.60. The lowest BCUT2D eigenvalue weighted by Gasteiger charge is -2.15. The highest BCUT2D eigenvalue weighted by Gasteiger charge is 2.20. The molecule has 4 rings (SSSR count). The number of ether oxygens (including phenoxy) is 3. The van der Waals surface area contributed by atoms with Gasteiger partial charge in [0.15, 0.2) is 11.5 Å². The van der Waals surface area contributed by atoms with E-state index in [9.17, 15) is 9.59 Å². The molecule has 3 heterocycles. The van der Waals surface area contributed by atoms with E-state index in [1.165, 1.54) is 13.3 Å². The van der Waals surface area contributed by atoms with Gasteiger partial charge in [-0.3, -0.25) is 14.3 Å². The molecule has 34 heavy (non-hydrogen) atoms.